The van der Waals surface area contributed by atoms with Crippen LogP contribution in [0.2, 0.25) is 0 Å². The Balaban J connectivity index is 2.90. The van der Waals surface area contributed by atoms with Gasteiger partial charge in [-0.1, -0.05) is 0 Å². The molecule has 14 heavy (non-hydrogen) atoms. The molecule has 1 aromatic rings. The maximum absolute atomic E-state index is 10.4. The molecule has 0 saturated carbocycles. The van der Waals surface area contributed by atoms with Crippen LogP contribution >= 0.6 is 27.5 Å². The summed E-state index contributed by atoms with van der Waals surface area (Å²) < 4.78 is 5.87. The highest BCUT2D eigenvalue weighted by atomic mass is 79.9. The lowest BCUT2D eigenvalue weighted by Gasteiger charge is -2.05. The summed E-state index contributed by atoms with van der Waals surface area (Å²) in [4.78, 5) is 9.97. The van der Waals surface area contributed by atoms with Gasteiger partial charge in [0, 0.05) is 6.07 Å². The van der Waals surface area contributed by atoms with Crippen molar-refractivity contribution < 1.29 is 9.66 Å². The summed E-state index contributed by atoms with van der Waals surface area (Å²) in [5.74, 6) is 0.773. The Hall–Kier alpha value is -0.810. The number of non-ortho nitro benzene ring substituents is 1. The number of benzene rings is 1. The summed E-state index contributed by atoms with van der Waals surface area (Å²) in [6.07, 6.45) is 0. The molecule has 76 valence electrons. The molecular formula is C8H7BrClNO3. The monoisotopic (exact) mass is 279 g/mol. The quantitative estimate of drug-likeness (QED) is 0.484. The van der Waals surface area contributed by atoms with Crippen LogP contribution in [0.5, 0.6) is 5.75 Å². The van der Waals surface area contributed by atoms with E-state index in [1.807, 2.05) is 0 Å². The molecule has 0 aliphatic carbocycles. The van der Waals surface area contributed by atoms with Crippen molar-refractivity contribution in [3.05, 3.63) is 32.8 Å². The summed E-state index contributed by atoms with van der Waals surface area (Å²) in [7, 11) is 0. The fourth-order valence-electron chi connectivity index (χ4n) is 0.865. The summed E-state index contributed by atoms with van der Waals surface area (Å²) in [5.41, 5.74) is -0.00206. The van der Waals surface area contributed by atoms with Crippen molar-refractivity contribution in [1.82, 2.24) is 0 Å². The molecule has 0 amide bonds. The number of halogens is 2. The summed E-state index contributed by atoms with van der Waals surface area (Å²) in [5, 5.41) is 10.4. The van der Waals surface area contributed by atoms with Crippen LogP contribution in [-0.4, -0.2) is 17.4 Å². The number of hydrogen-bond donors (Lipinski definition) is 0. The highest BCUT2D eigenvalue weighted by Gasteiger charge is 2.09. The van der Waals surface area contributed by atoms with Gasteiger partial charge in [-0.25, -0.2) is 0 Å². The van der Waals surface area contributed by atoms with Crippen molar-refractivity contribution in [3.8, 4) is 5.75 Å². The van der Waals surface area contributed by atoms with Gasteiger partial charge in [0.2, 0.25) is 0 Å². The lowest BCUT2D eigenvalue weighted by atomic mass is 10.3. The number of hydrogen-bond acceptors (Lipinski definition) is 3. The second kappa shape index (κ2) is 5.17. The van der Waals surface area contributed by atoms with Crippen LogP contribution < -0.4 is 4.74 Å². The van der Waals surface area contributed by atoms with E-state index in [-0.39, 0.29) is 5.69 Å². The predicted molar refractivity (Wildman–Crippen MR) is 57.0 cm³/mol. The lowest BCUT2D eigenvalue weighted by molar-refractivity contribution is -0.384. The van der Waals surface area contributed by atoms with E-state index in [1.54, 1.807) is 6.07 Å². The van der Waals surface area contributed by atoms with Crippen molar-refractivity contribution in [3.63, 3.8) is 0 Å². The van der Waals surface area contributed by atoms with Gasteiger partial charge in [0.1, 0.15) is 12.4 Å². The molecule has 0 atom stereocenters. The van der Waals surface area contributed by atoms with E-state index in [4.69, 9.17) is 16.3 Å². The van der Waals surface area contributed by atoms with Crippen molar-refractivity contribution in [2.75, 3.05) is 12.5 Å². The van der Waals surface area contributed by atoms with Gasteiger partial charge in [0.05, 0.1) is 21.3 Å². The predicted octanol–water partition coefficient (Wildman–Crippen LogP) is 2.97. The second-order valence-corrected chi connectivity index (χ2v) is 3.64. The van der Waals surface area contributed by atoms with E-state index < -0.39 is 4.92 Å². The number of nitro groups is 1. The van der Waals surface area contributed by atoms with Crippen LogP contribution in [0.4, 0.5) is 5.69 Å². The van der Waals surface area contributed by atoms with E-state index in [0.717, 1.165) is 0 Å². The molecule has 0 spiro atoms. The molecule has 0 aliphatic rings. The van der Waals surface area contributed by atoms with Crippen LogP contribution in [0.1, 0.15) is 0 Å². The zero-order valence-electron chi connectivity index (χ0n) is 7.07. The van der Waals surface area contributed by atoms with Crippen molar-refractivity contribution in [1.29, 1.82) is 0 Å². The average Bonchev–Trinajstić information content (AvgIpc) is 2.16. The van der Waals surface area contributed by atoms with Gasteiger partial charge in [-0.3, -0.25) is 10.1 Å². The van der Waals surface area contributed by atoms with Crippen molar-refractivity contribution in [2.45, 2.75) is 0 Å². The molecule has 4 nitrogen and oxygen atoms in total. The number of nitrogens with zero attached hydrogens (tertiary/aromatic N) is 1. The minimum absolute atomic E-state index is 0.00206. The number of ether oxygens (including phenoxy) is 1. The van der Waals surface area contributed by atoms with Crippen LogP contribution in [-0.2, 0) is 0 Å². The zero-order chi connectivity index (χ0) is 10.6. The molecule has 0 aromatic heterocycles. The maximum atomic E-state index is 10.4. The molecule has 1 aromatic carbocycles. The van der Waals surface area contributed by atoms with Crippen LogP contribution in [0, 0.1) is 10.1 Å². The third-order valence-electron chi connectivity index (χ3n) is 1.46. The summed E-state index contributed by atoms with van der Waals surface area (Å²) in [6.45, 7) is 0.321. The first-order chi connectivity index (χ1) is 6.65. The molecule has 0 aliphatic heterocycles. The first kappa shape index (κ1) is 11.3. The maximum Gasteiger partial charge on any atom is 0.273 e. The van der Waals surface area contributed by atoms with Crippen molar-refractivity contribution in [2.24, 2.45) is 0 Å². The van der Waals surface area contributed by atoms with Gasteiger partial charge in [-0.15, -0.1) is 11.6 Å². The molecule has 0 saturated heterocycles. The van der Waals surface area contributed by atoms with Crippen LogP contribution in [0.15, 0.2) is 22.7 Å². The topological polar surface area (TPSA) is 52.4 Å². The SMILES string of the molecule is O=[N+]([O-])c1ccc(Br)c(OCCCl)c1. The Labute approximate surface area is 94.1 Å². The van der Waals surface area contributed by atoms with E-state index in [2.05, 4.69) is 15.9 Å². The van der Waals surface area contributed by atoms with E-state index in [1.165, 1.54) is 12.1 Å². The molecule has 0 heterocycles. The van der Waals surface area contributed by atoms with E-state index in [0.29, 0.717) is 22.7 Å². The number of nitro benzene ring substituents is 1. The van der Waals surface area contributed by atoms with Crippen molar-refractivity contribution >= 4 is 33.2 Å². The molecule has 0 bridgehead atoms. The Morgan fingerprint density at radius 3 is 2.86 bits per heavy atom. The largest absolute Gasteiger partial charge is 0.491 e. The minimum Gasteiger partial charge on any atom is -0.491 e. The Morgan fingerprint density at radius 2 is 2.29 bits per heavy atom. The second-order valence-electron chi connectivity index (χ2n) is 2.41. The summed E-state index contributed by atoms with van der Waals surface area (Å²) in [6, 6.07) is 4.33. The lowest BCUT2D eigenvalue weighted by Crippen LogP contribution is -1.99. The Morgan fingerprint density at radius 1 is 1.57 bits per heavy atom. The molecular weight excluding hydrogens is 273 g/mol. The van der Waals surface area contributed by atoms with Gasteiger partial charge in [0.25, 0.3) is 5.69 Å². The number of rotatable bonds is 4. The van der Waals surface area contributed by atoms with Crippen LogP contribution in [0.25, 0.3) is 0 Å². The zero-order valence-corrected chi connectivity index (χ0v) is 9.42. The van der Waals surface area contributed by atoms with Crippen LogP contribution in [0.3, 0.4) is 0 Å². The third kappa shape index (κ3) is 2.85. The Bertz CT molecular complexity index is 345. The molecule has 0 N–H and O–H groups in total. The molecule has 0 radical (unpaired) electrons. The van der Waals surface area contributed by atoms with Gasteiger partial charge in [-0.2, -0.15) is 0 Å². The van der Waals surface area contributed by atoms with E-state index in [9.17, 15) is 10.1 Å². The standard InChI is InChI=1S/C8H7BrClNO3/c9-7-2-1-6(11(12)13)5-8(7)14-4-3-10/h1-2,5H,3-4H2. The molecule has 0 fully saturated rings. The highest BCUT2D eigenvalue weighted by molar-refractivity contribution is 9.10. The van der Waals surface area contributed by atoms with Gasteiger partial charge < -0.3 is 4.74 Å². The van der Waals surface area contributed by atoms with Gasteiger partial charge in [-0.05, 0) is 22.0 Å². The average molecular weight is 281 g/mol. The third-order valence-corrected chi connectivity index (χ3v) is 2.27. The molecule has 6 heteroatoms. The van der Waals surface area contributed by atoms with E-state index >= 15 is 0 Å². The summed E-state index contributed by atoms with van der Waals surface area (Å²) >= 11 is 8.65. The minimum atomic E-state index is -0.472. The molecule has 0 unspecified atom stereocenters. The van der Waals surface area contributed by atoms with Gasteiger partial charge >= 0.3 is 0 Å². The smallest absolute Gasteiger partial charge is 0.273 e. The molecule has 1 rings (SSSR count). The fraction of sp³-hybridized carbons (Fsp3) is 0.250. The van der Waals surface area contributed by atoms with Gasteiger partial charge in [0.15, 0.2) is 0 Å². The highest BCUT2D eigenvalue weighted by Crippen LogP contribution is 2.29. The fourth-order valence-corrected chi connectivity index (χ4v) is 1.30. The Kier molecular flexibility index (Phi) is 4.16. The number of alkyl halides is 1. The first-order valence-corrected chi connectivity index (χ1v) is 5.10. The first-order valence-electron chi connectivity index (χ1n) is 3.78. The normalized spacial score (nSPS) is 9.86.